The highest BCUT2D eigenvalue weighted by molar-refractivity contribution is 8.13. The van der Waals surface area contributed by atoms with Crippen LogP contribution < -0.4 is 0 Å². The Bertz CT molecular complexity index is 304. The van der Waals surface area contributed by atoms with Gasteiger partial charge in [-0.3, -0.25) is 14.4 Å². The van der Waals surface area contributed by atoms with Gasteiger partial charge in [-0.05, 0) is 13.8 Å². The molecule has 0 saturated heterocycles. The maximum atomic E-state index is 11.5. The Morgan fingerprint density at radius 3 is 2.32 bits per heavy atom. The van der Waals surface area contributed by atoms with Crippen LogP contribution in [0.2, 0.25) is 0 Å². The average molecular weight is 291 g/mol. The first-order chi connectivity index (χ1) is 9.01. The van der Waals surface area contributed by atoms with E-state index in [1.165, 1.54) is 0 Å². The zero-order chi connectivity index (χ0) is 14.7. The first kappa shape index (κ1) is 17.9. The summed E-state index contributed by atoms with van der Waals surface area (Å²) < 4.78 is 5.18. The van der Waals surface area contributed by atoms with Gasteiger partial charge in [0.15, 0.2) is 5.12 Å². The number of nitrogens with zero attached hydrogens (tertiary/aromatic N) is 1. The smallest absolute Gasteiger partial charge is 0.303 e. The summed E-state index contributed by atoms with van der Waals surface area (Å²) in [5, 5.41) is 8.24. The van der Waals surface area contributed by atoms with Gasteiger partial charge in [0, 0.05) is 25.3 Å². The van der Waals surface area contributed by atoms with E-state index >= 15 is 0 Å². The summed E-state index contributed by atoms with van der Waals surface area (Å²) >= 11 is 1.04. The van der Waals surface area contributed by atoms with Crippen molar-refractivity contribution in [3.8, 4) is 0 Å². The maximum Gasteiger partial charge on any atom is 0.303 e. The van der Waals surface area contributed by atoms with Gasteiger partial charge in [-0.15, -0.1) is 0 Å². The van der Waals surface area contributed by atoms with E-state index in [1.54, 1.807) is 4.90 Å². The van der Waals surface area contributed by atoms with E-state index in [0.29, 0.717) is 25.4 Å². The fourth-order valence-electron chi connectivity index (χ4n) is 1.32. The summed E-state index contributed by atoms with van der Waals surface area (Å²) in [5.74, 6) is -0.605. The Labute approximate surface area is 117 Å². The standard InChI is InChI=1S/C12H21NO5S/c1-3-13(4-2)10(14)9-18-7-8-19-12(17)6-5-11(15)16/h3-9H2,1-2H3,(H,15,16). The minimum atomic E-state index is -0.977. The third kappa shape index (κ3) is 9.49. The van der Waals surface area contributed by atoms with E-state index in [-0.39, 0.29) is 30.5 Å². The molecule has 7 heteroatoms. The number of carboxylic acid groups (broad SMARTS) is 1. The van der Waals surface area contributed by atoms with Crippen LogP contribution in [0.15, 0.2) is 0 Å². The number of amides is 1. The SMILES string of the molecule is CCN(CC)C(=O)COCCSC(=O)CCC(=O)O. The molecule has 0 aromatic heterocycles. The van der Waals surface area contributed by atoms with Gasteiger partial charge in [0.2, 0.25) is 5.91 Å². The van der Waals surface area contributed by atoms with Crippen molar-refractivity contribution in [2.75, 3.05) is 32.1 Å². The van der Waals surface area contributed by atoms with Crippen molar-refractivity contribution in [3.63, 3.8) is 0 Å². The molecular weight excluding hydrogens is 270 g/mol. The van der Waals surface area contributed by atoms with Gasteiger partial charge in [0.05, 0.1) is 13.0 Å². The molecule has 19 heavy (non-hydrogen) atoms. The Kier molecular flexibility index (Phi) is 10.2. The molecule has 0 aliphatic rings. The summed E-state index contributed by atoms with van der Waals surface area (Å²) in [6, 6.07) is 0. The number of rotatable bonds is 10. The molecule has 6 nitrogen and oxygen atoms in total. The number of carboxylic acids is 1. The van der Waals surface area contributed by atoms with Crippen LogP contribution in [-0.4, -0.2) is 59.1 Å². The Balaban J connectivity index is 3.57. The van der Waals surface area contributed by atoms with Crippen molar-refractivity contribution in [1.82, 2.24) is 4.90 Å². The third-order valence-electron chi connectivity index (χ3n) is 2.38. The zero-order valence-corrected chi connectivity index (χ0v) is 12.2. The lowest BCUT2D eigenvalue weighted by molar-refractivity contribution is -0.138. The first-order valence-corrected chi connectivity index (χ1v) is 7.22. The van der Waals surface area contributed by atoms with E-state index in [2.05, 4.69) is 0 Å². The van der Waals surface area contributed by atoms with Crippen molar-refractivity contribution in [1.29, 1.82) is 0 Å². The monoisotopic (exact) mass is 291 g/mol. The fraction of sp³-hybridized carbons (Fsp3) is 0.750. The number of carbonyl (C=O) groups is 3. The first-order valence-electron chi connectivity index (χ1n) is 6.24. The van der Waals surface area contributed by atoms with E-state index in [4.69, 9.17) is 9.84 Å². The van der Waals surface area contributed by atoms with Crippen LogP contribution in [0.1, 0.15) is 26.7 Å². The number of ether oxygens (including phenoxy) is 1. The average Bonchev–Trinajstić information content (AvgIpc) is 2.37. The van der Waals surface area contributed by atoms with Crippen LogP contribution >= 0.6 is 11.8 Å². The van der Waals surface area contributed by atoms with Crippen LogP contribution in [0, 0.1) is 0 Å². The topological polar surface area (TPSA) is 83.9 Å². The van der Waals surface area contributed by atoms with E-state index in [1.807, 2.05) is 13.8 Å². The molecule has 0 unspecified atom stereocenters. The third-order valence-corrected chi connectivity index (χ3v) is 3.27. The van der Waals surface area contributed by atoms with Crippen molar-refractivity contribution in [2.24, 2.45) is 0 Å². The molecular formula is C12H21NO5S. The molecule has 110 valence electrons. The van der Waals surface area contributed by atoms with Gasteiger partial charge in [-0.2, -0.15) is 0 Å². The van der Waals surface area contributed by atoms with Crippen LogP contribution in [0.3, 0.4) is 0 Å². The Morgan fingerprint density at radius 2 is 1.79 bits per heavy atom. The van der Waals surface area contributed by atoms with Crippen molar-refractivity contribution < 1.29 is 24.2 Å². The second-order valence-corrected chi connectivity index (χ2v) is 4.89. The van der Waals surface area contributed by atoms with Gasteiger partial charge in [-0.1, -0.05) is 11.8 Å². The van der Waals surface area contributed by atoms with E-state index in [9.17, 15) is 14.4 Å². The highest BCUT2D eigenvalue weighted by Gasteiger charge is 2.09. The number of hydrogen-bond acceptors (Lipinski definition) is 5. The molecule has 0 bridgehead atoms. The number of thioether (sulfide) groups is 1. The van der Waals surface area contributed by atoms with E-state index in [0.717, 1.165) is 11.8 Å². The second kappa shape index (κ2) is 10.8. The molecule has 0 aliphatic heterocycles. The zero-order valence-electron chi connectivity index (χ0n) is 11.4. The molecule has 0 aliphatic carbocycles. The number of likely N-dealkylation sites (N-methyl/N-ethyl adjacent to an activating group) is 1. The molecule has 0 aromatic rings. The summed E-state index contributed by atoms with van der Waals surface area (Å²) in [7, 11) is 0. The summed E-state index contributed by atoms with van der Waals surface area (Å²) in [6.07, 6.45) is -0.120. The van der Waals surface area contributed by atoms with Crippen LogP contribution in [-0.2, 0) is 19.1 Å². The van der Waals surface area contributed by atoms with Crippen LogP contribution in [0.5, 0.6) is 0 Å². The van der Waals surface area contributed by atoms with Crippen LogP contribution in [0.4, 0.5) is 0 Å². The van der Waals surface area contributed by atoms with Crippen LogP contribution in [0.25, 0.3) is 0 Å². The van der Waals surface area contributed by atoms with Crippen molar-refractivity contribution in [3.05, 3.63) is 0 Å². The fourth-order valence-corrected chi connectivity index (χ4v) is 2.00. The minimum Gasteiger partial charge on any atom is -0.481 e. The quantitative estimate of drug-likeness (QED) is 0.604. The molecule has 0 heterocycles. The predicted molar refractivity (Wildman–Crippen MR) is 73.1 cm³/mol. The lowest BCUT2D eigenvalue weighted by Gasteiger charge is -2.18. The van der Waals surface area contributed by atoms with Gasteiger partial charge >= 0.3 is 5.97 Å². The summed E-state index contributed by atoms with van der Waals surface area (Å²) in [6.45, 7) is 5.43. The Hall–Kier alpha value is -1.08. The molecule has 0 fully saturated rings. The molecule has 0 atom stereocenters. The second-order valence-electron chi connectivity index (χ2n) is 3.73. The van der Waals surface area contributed by atoms with Gasteiger partial charge in [0.25, 0.3) is 0 Å². The Morgan fingerprint density at radius 1 is 1.16 bits per heavy atom. The lowest BCUT2D eigenvalue weighted by Crippen LogP contribution is -2.33. The molecule has 0 saturated carbocycles. The minimum absolute atomic E-state index is 0.0194. The van der Waals surface area contributed by atoms with Gasteiger partial charge < -0.3 is 14.7 Å². The largest absolute Gasteiger partial charge is 0.481 e. The van der Waals surface area contributed by atoms with Crippen molar-refractivity contribution >= 4 is 28.8 Å². The number of aliphatic carboxylic acids is 1. The number of carbonyl (C=O) groups excluding carboxylic acids is 2. The highest BCUT2D eigenvalue weighted by Crippen LogP contribution is 2.07. The molecule has 0 rings (SSSR count). The van der Waals surface area contributed by atoms with Gasteiger partial charge in [0.1, 0.15) is 6.61 Å². The molecule has 1 amide bonds. The predicted octanol–water partition coefficient (Wildman–Crippen LogP) is 0.996. The maximum absolute atomic E-state index is 11.5. The molecule has 0 spiro atoms. The van der Waals surface area contributed by atoms with E-state index < -0.39 is 5.97 Å². The lowest BCUT2D eigenvalue weighted by atomic mass is 10.3. The molecule has 1 N–H and O–H groups in total. The number of hydrogen-bond donors (Lipinski definition) is 1. The molecule has 0 aromatic carbocycles. The summed E-state index contributed by atoms with van der Waals surface area (Å²) in [4.78, 5) is 34.7. The van der Waals surface area contributed by atoms with Gasteiger partial charge in [-0.25, -0.2) is 0 Å². The molecule has 0 radical (unpaired) electrons. The van der Waals surface area contributed by atoms with Crippen molar-refractivity contribution in [2.45, 2.75) is 26.7 Å². The summed E-state index contributed by atoms with van der Waals surface area (Å²) in [5.41, 5.74) is 0. The normalized spacial score (nSPS) is 10.2. The highest BCUT2D eigenvalue weighted by atomic mass is 32.2.